The topological polar surface area (TPSA) is 27.1 Å². The van der Waals surface area contributed by atoms with Crippen LogP contribution in [-0.4, -0.2) is 15.2 Å². The SMILES string of the molecule is CC(CCCc1ccc(Cl)cc1)(Cn1ccnc1)OCc1ccc(Cl)cc1. The van der Waals surface area contributed by atoms with Gasteiger partial charge in [-0.25, -0.2) is 4.98 Å². The molecule has 2 aromatic carbocycles. The van der Waals surface area contributed by atoms with E-state index in [4.69, 9.17) is 27.9 Å². The van der Waals surface area contributed by atoms with Gasteiger partial charge in [-0.15, -0.1) is 0 Å². The van der Waals surface area contributed by atoms with Crippen molar-refractivity contribution in [3.8, 4) is 0 Å². The van der Waals surface area contributed by atoms with Crippen molar-refractivity contribution in [1.82, 2.24) is 9.55 Å². The van der Waals surface area contributed by atoms with E-state index in [1.807, 2.05) is 48.9 Å². The second kappa shape index (κ2) is 9.41. The molecule has 0 saturated carbocycles. The van der Waals surface area contributed by atoms with Crippen molar-refractivity contribution in [2.24, 2.45) is 0 Å². The second-order valence-electron chi connectivity index (χ2n) is 7.08. The summed E-state index contributed by atoms with van der Waals surface area (Å²) in [6.07, 6.45) is 8.59. The Kier molecular flexibility index (Phi) is 6.95. The van der Waals surface area contributed by atoms with Crippen LogP contribution < -0.4 is 0 Å². The number of aryl methyl sites for hydroxylation is 1. The molecule has 0 spiro atoms. The number of hydrogen-bond acceptors (Lipinski definition) is 2. The molecule has 142 valence electrons. The highest BCUT2D eigenvalue weighted by Crippen LogP contribution is 2.24. The van der Waals surface area contributed by atoms with Crippen LogP contribution in [0.5, 0.6) is 0 Å². The molecule has 1 atom stereocenters. The van der Waals surface area contributed by atoms with Gasteiger partial charge in [-0.1, -0.05) is 47.5 Å². The van der Waals surface area contributed by atoms with Crippen LogP contribution in [0.1, 0.15) is 30.9 Å². The van der Waals surface area contributed by atoms with Crippen LogP contribution in [0.2, 0.25) is 10.0 Å². The van der Waals surface area contributed by atoms with Gasteiger partial charge < -0.3 is 9.30 Å². The van der Waals surface area contributed by atoms with Gasteiger partial charge >= 0.3 is 0 Å². The standard InChI is InChI=1S/C22H24Cl2N2O/c1-22(16-26-14-13-25-17-26,27-15-19-6-10-21(24)11-7-19)12-2-3-18-4-8-20(23)9-5-18/h4-11,13-14,17H,2-3,12,15-16H2,1H3. The number of benzene rings is 2. The van der Waals surface area contributed by atoms with Gasteiger partial charge in [0.2, 0.25) is 0 Å². The normalized spacial score (nSPS) is 13.4. The highest BCUT2D eigenvalue weighted by atomic mass is 35.5. The zero-order valence-electron chi connectivity index (χ0n) is 15.4. The van der Waals surface area contributed by atoms with Gasteiger partial charge in [0, 0.05) is 22.4 Å². The van der Waals surface area contributed by atoms with E-state index in [1.165, 1.54) is 5.56 Å². The van der Waals surface area contributed by atoms with E-state index in [0.29, 0.717) is 6.61 Å². The Morgan fingerprint density at radius 1 is 0.963 bits per heavy atom. The first-order chi connectivity index (χ1) is 13.0. The van der Waals surface area contributed by atoms with Crippen molar-refractivity contribution >= 4 is 23.2 Å². The van der Waals surface area contributed by atoms with E-state index < -0.39 is 0 Å². The van der Waals surface area contributed by atoms with Crippen molar-refractivity contribution in [3.05, 3.63) is 88.4 Å². The summed E-state index contributed by atoms with van der Waals surface area (Å²) in [5.74, 6) is 0. The van der Waals surface area contributed by atoms with Gasteiger partial charge in [0.25, 0.3) is 0 Å². The minimum absolute atomic E-state index is 0.285. The fraction of sp³-hybridized carbons (Fsp3) is 0.318. The summed E-state index contributed by atoms with van der Waals surface area (Å²) < 4.78 is 8.45. The average molecular weight is 403 g/mol. The molecule has 1 aromatic heterocycles. The minimum Gasteiger partial charge on any atom is -0.369 e. The Morgan fingerprint density at radius 2 is 1.59 bits per heavy atom. The van der Waals surface area contributed by atoms with Crippen LogP contribution in [0, 0.1) is 0 Å². The van der Waals surface area contributed by atoms with Crippen LogP contribution in [0.4, 0.5) is 0 Å². The molecule has 3 rings (SSSR count). The lowest BCUT2D eigenvalue weighted by atomic mass is 9.96. The third-order valence-electron chi connectivity index (χ3n) is 4.66. The lowest BCUT2D eigenvalue weighted by molar-refractivity contribution is -0.0615. The summed E-state index contributed by atoms with van der Waals surface area (Å²) in [5.41, 5.74) is 2.13. The molecule has 3 aromatic rings. The highest BCUT2D eigenvalue weighted by Gasteiger charge is 2.25. The predicted molar refractivity (Wildman–Crippen MR) is 111 cm³/mol. The molecule has 0 N–H and O–H groups in total. The van der Waals surface area contributed by atoms with Crippen LogP contribution in [0.15, 0.2) is 67.3 Å². The van der Waals surface area contributed by atoms with Crippen molar-refractivity contribution in [2.75, 3.05) is 0 Å². The quantitative estimate of drug-likeness (QED) is 0.426. The lowest BCUT2D eigenvalue weighted by Crippen LogP contribution is -2.34. The van der Waals surface area contributed by atoms with E-state index in [-0.39, 0.29) is 5.60 Å². The summed E-state index contributed by atoms with van der Waals surface area (Å²) in [6, 6.07) is 15.9. The van der Waals surface area contributed by atoms with E-state index in [2.05, 4.69) is 28.6 Å². The maximum Gasteiger partial charge on any atom is 0.0946 e. The summed E-state index contributed by atoms with van der Waals surface area (Å²) in [5, 5.41) is 1.51. The fourth-order valence-electron chi connectivity index (χ4n) is 3.12. The summed E-state index contributed by atoms with van der Waals surface area (Å²) in [7, 11) is 0. The number of rotatable bonds is 9. The Labute approximate surface area is 170 Å². The monoisotopic (exact) mass is 402 g/mol. The molecule has 3 nitrogen and oxygen atoms in total. The molecule has 1 unspecified atom stereocenters. The summed E-state index contributed by atoms with van der Waals surface area (Å²) in [4.78, 5) is 4.15. The average Bonchev–Trinajstić information content (AvgIpc) is 3.16. The van der Waals surface area contributed by atoms with Gasteiger partial charge in [0.05, 0.1) is 25.1 Å². The smallest absolute Gasteiger partial charge is 0.0946 e. The maximum absolute atomic E-state index is 6.37. The molecular formula is C22H24Cl2N2O. The number of ether oxygens (including phenoxy) is 1. The van der Waals surface area contributed by atoms with Crippen molar-refractivity contribution in [2.45, 2.75) is 44.9 Å². The Morgan fingerprint density at radius 3 is 2.19 bits per heavy atom. The molecule has 0 amide bonds. The molecule has 0 radical (unpaired) electrons. The fourth-order valence-corrected chi connectivity index (χ4v) is 3.37. The largest absolute Gasteiger partial charge is 0.369 e. The van der Waals surface area contributed by atoms with E-state index >= 15 is 0 Å². The van der Waals surface area contributed by atoms with E-state index in [9.17, 15) is 0 Å². The number of hydrogen-bond donors (Lipinski definition) is 0. The van der Waals surface area contributed by atoms with Gasteiger partial charge in [0.15, 0.2) is 0 Å². The molecule has 0 aliphatic rings. The van der Waals surface area contributed by atoms with Crippen molar-refractivity contribution in [1.29, 1.82) is 0 Å². The van der Waals surface area contributed by atoms with Crippen molar-refractivity contribution < 1.29 is 4.74 Å². The Bertz CT molecular complexity index is 817. The molecule has 0 bridgehead atoms. The molecule has 0 aliphatic carbocycles. The molecule has 0 fully saturated rings. The van der Waals surface area contributed by atoms with Gasteiger partial charge in [-0.2, -0.15) is 0 Å². The third-order valence-corrected chi connectivity index (χ3v) is 5.17. The van der Waals surface area contributed by atoms with Gasteiger partial charge in [0.1, 0.15) is 0 Å². The van der Waals surface area contributed by atoms with Gasteiger partial charge in [-0.05, 0) is 61.6 Å². The lowest BCUT2D eigenvalue weighted by Gasteiger charge is -2.30. The molecular weight excluding hydrogens is 379 g/mol. The zero-order valence-corrected chi connectivity index (χ0v) is 17.0. The Hall–Kier alpha value is -1.81. The molecule has 27 heavy (non-hydrogen) atoms. The van der Waals surface area contributed by atoms with Crippen LogP contribution >= 0.6 is 23.2 Å². The first-order valence-corrected chi connectivity index (χ1v) is 9.87. The molecule has 0 saturated heterocycles. The first kappa shape index (κ1) is 19.9. The minimum atomic E-state index is -0.285. The number of halogens is 2. The third kappa shape index (κ3) is 6.39. The summed E-state index contributed by atoms with van der Waals surface area (Å²) >= 11 is 11.9. The molecule has 5 heteroatoms. The molecule has 0 aliphatic heterocycles. The maximum atomic E-state index is 6.37. The van der Waals surface area contributed by atoms with Crippen LogP contribution in [0.25, 0.3) is 0 Å². The van der Waals surface area contributed by atoms with Crippen molar-refractivity contribution in [3.63, 3.8) is 0 Å². The molecule has 1 heterocycles. The summed E-state index contributed by atoms with van der Waals surface area (Å²) in [6.45, 7) is 3.50. The Balaban J connectivity index is 1.61. The van der Waals surface area contributed by atoms with Gasteiger partial charge in [-0.3, -0.25) is 0 Å². The zero-order chi connectivity index (χ0) is 19.1. The first-order valence-electron chi connectivity index (χ1n) is 9.11. The van der Waals surface area contributed by atoms with Crippen LogP contribution in [0.3, 0.4) is 0 Å². The predicted octanol–water partition coefficient (Wildman–Crippen LogP) is 6.19. The van der Waals surface area contributed by atoms with E-state index in [1.54, 1.807) is 6.20 Å². The number of nitrogens with zero attached hydrogens (tertiary/aromatic N) is 2. The second-order valence-corrected chi connectivity index (χ2v) is 7.95. The number of aromatic nitrogens is 2. The van der Waals surface area contributed by atoms with E-state index in [0.717, 1.165) is 41.4 Å². The number of imidazole rings is 1. The highest BCUT2D eigenvalue weighted by molar-refractivity contribution is 6.30. The van der Waals surface area contributed by atoms with Crippen LogP contribution in [-0.2, 0) is 24.3 Å².